The number of anilines is 1. The maximum Gasteiger partial charge on any atom is 0.289 e. The fraction of sp³-hybridized carbons (Fsp3) is 0.143. The molecule has 2 aromatic carbocycles. The number of hydrogen-bond acceptors (Lipinski definition) is 5. The Morgan fingerprint density at radius 1 is 1.05 bits per heavy atom. The minimum atomic E-state index is -3.84. The Labute approximate surface area is 133 Å². The molecule has 0 N–H and O–H groups in total. The second-order valence-electron chi connectivity index (χ2n) is 4.76. The van der Waals surface area contributed by atoms with Crippen LogP contribution in [0.5, 0.6) is 0 Å². The smallest absolute Gasteiger partial charge is 0.289 e. The van der Waals surface area contributed by atoms with E-state index in [2.05, 4.69) is 0 Å². The quantitative estimate of drug-likeness (QED) is 0.631. The van der Waals surface area contributed by atoms with Crippen molar-refractivity contribution >= 4 is 32.8 Å². The lowest BCUT2D eigenvalue weighted by Gasteiger charge is -2.13. The van der Waals surface area contributed by atoms with Crippen LogP contribution in [0.25, 0.3) is 0 Å². The van der Waals surface area contributed by atoms with Gasteiger partial charge >= 0.3 is 0 Å². The van der Waals surface area contributed by atoms with Gasteiger partial charge in [-0.15, -0.1) is 0 Å². The second-order valence-corrected chi connectivity index (χ2v) is 7.12. The minimum Gasteiger partial charge on any atom is -0.378 e. The molecule has 0 saturated carbocycles. The third kappa shape index (κ3) is 3.05. The van der Waals surface area contributed by atoms with Gasteiger partial charge < -0.3 is 4.90 Å². The molecular formula is C14H13ClN2O4S. The van der Waals surface area contributed by atoms with Gasteiger partial charge in [0, 0.05) is 25.8 Å². The molecule has 0 radical (unpaired) electrons. The van der Waals surface area contributed by atoms with E-state index in [4.69, 9.17) is 11.6 Å². The summed E-state index contributed by atoms with van der Waals surface area (Å²) in [5, 5.41) is 10.8. The summed E-state index contributed by atoms with van der Waals surface area (Å²) in [4.78, 5) is 11.9. The van der Waals surface area contributed by atoms with Gasteiger partial charge in [-0.1, -0.05) is 11.6 Å². The van der Waals surface area contributed by atoms with Crippen molar-refractivity contribution in [1.82, 2.24) is 0 Å². The highest BCUT2D eigenvalue weighted by atomic mass is 35.5. The lowest BCUT2D eigenvalue weighted by Crippen LogP contribution is -2.09. The van der Waals surface area contributed by atoms with E-state index in [1.165, 1.54) is 24.3 Å². The number of benzene rings is 2. The molecule has 0 saturated heterocycles. The molecule has 0 aromatic heterocycles. The summed E-state index contributed by atoms with van der Waals surface area (Å²) in [6.07, 6.45) is 0. The van der Waals surface area contributed by atoms with Crippen LogP contribution in [0, 0.1) is 10.1 Å². The van der Waals surface area contributed by atoms with E-state index in [1.54, 1.807) is 12.1 Å². The summed E-state index contributed by atoms with van der Waals surface area (Å²) in [6.45, 7) is 0. The molecule has 6 nitrogen and oxygen atoms in total. The predicted molar refractivity (Wildman–Crippen MR) is 84.3 cm³/mol. The molecule has 0 atom stereocenters. The predicted octanol–water partition coefficient (Wildman–Crippen LogP) is 3.15. The molecule has 0 aliphatic heterocycles. The maximum atomic E-state index is 12.5. The highest BCUT2D eigenvalue weighted by Gasteiger charge is 2.22. The highest BCUT2D eigenvalue weighted by Crippen LogP contribution is 2.30. The topological polar surface area (TPSA) is 80.5 Å². The van der Waals surface area contributed by atoms with Gasteiger partial charge in [-0.2, -0.15) is 0 Å². The summed E-state index contributed by atoms with van der Waals surface area (Å²) in [5.41, 5.74) is 0.411. The normalized spacial score (nSPS) is 11.2. The van der Waals surface area contributed by atoms with Crippen LogP contribution in [-0.2, 0) is 9.84 Å². The number of nitro benzene ring substituents is 1. The first kappa shape index (κ1) is 16.3. The average molecular weight is 341 g/mol. The molecule has 2 aromatic rings. The Morgan fingerprint density at radius 3 is 2.09 bits per heavy atom. The van der Waals surface area contributed by atoms with E-state index >= 15 is 0 Å². The summed E-state index contributed by atoms with van der Waals surface area (Å²) < 4.78 is 25.0. The molecule has 2 rings (SSSR count). The number of halogens is 1. The molecule has 0 heterocycles. The van der Waals surface area contributed by atoms with Gasteiger partial charge in [0.15, 0.2) is 0 Å². The molecule has 0 amide bonds. The first-order valence-corrected chi connectivity index (χ1v) is 8.06. The Kier molecular flexibility index (Phi) is 4.39. The fourth-order valence-electron chi connectivity index (χ4n) is 1.86. The summed E-state index contributed by atoms with van der Waals surface area (Å²) >= 11 is 5.70. The maximum absolute atomic E-state index is 12.5. The van der Waals surface area contributed by atoms with Crippen molar-refractivity contribution in [2.75, 3.05) is 19.0 Å². The monoisotopic (exact) mass is 340 g/mol. The summed E-state index contributed by atoms with van der Waals surface area (Å²) in [7, 11) is -0.157. The van der Waals surface area contributed by atoms with E-state index in [-0.39, 0.29) is 14.8 Å². The summed E-state index contributed by atoms with van der Waals surface area (Å²) in [5.74, 6) is 0. The molecular weight excluding hydrogens is 328 g/mol. The van der Waals surface area contributed by atoms with Gasteiger partial charge in [0.1, 0.15) is 5.02 Å². The van der Waals surface area contributed by atoms with Crippen LogP contribution in [0.3, 0.4) is 0 Å². The van der Waals surface area contributed by atoms with Crippen LogP contribution in [0.1, 0.15) is 0 Å². The van der Waals surface area contributed by atoms with Crippen LogP contribution in [0.2, 0.25) is 5.02 Å². The third-order valence-electron chi connectivity index (χ3n) is 3.09. The number of sulfone groups is 1. The average Bonchev–Trinajstić information content (AvgIpc) is 2.47. The van der Waals surface area contributed by atoms with Crippen LogP contribution in [-0.4, -0.2) is 27.4 Å². The van der Waals surface area contributed by atoms with E-state index < -0.39 is 20.4 Å². The third-order valence-corrected chi connectivity index (χ3v) is 5.17. The van der Waals surface area contributed by atoms with Gasteiger partial charge in [0.05, 0.1) is 14.7 Å². The SMILES string of the molecule is CN(C)c1ccc(S(=O)(=O)c2ccc(Cl)c([N+](=O)[O-])c2)cc1. The molecule has 0 bridgehead atoms. The molecule has 0 aliphatic carbocycles. The molecule has 0 unspecified atom stereocenters. The summed E-state index contributed by atoms with van der Waals surface area (Å²) in [6, 6.07) is 9.69. The van der Waals surface area contributed by atoms with Crippen molar-refractivity contribution < 1.29 is 13.3 Å². The Morgan fingerprint density at radius 2 is 1.59 bits per heavy atom. The largest absolute Gasteiger partial charge is 0.378 e. The second kappa shape index (κ2) is 5.94. The van der Waals surface area contributed by atoms with Crippen molar-refractivity contribution in [2.45, 2.75) is 9.79 Å². The zero-order valence-electron chi connectivity index (χ0n) is 11.9. The molecule has 0 fully saturated rings. The van der Waals surface area contributed by atoms with Gasteiger partial charge in [-0.05, 0) is 36.4 Å². The molecule has 22 heavy (non-hydrogen) atoms. The molecule has 8 heteroatoms. The van der Waals surface area contributed by atoms with Crippen LogP contribution in [0.15, 0.2) is 52.3 Å². The highest BCUT2D eigenvalue weighted by molar-refractivity contribution is 7.91. The molecule has 116 valence electrons. The van der Waals surface area contributed by atoms with Gasteiger partial charge in [0.25, 0.3) is 5.69 Å². The number of rotatable bonds is 4. The van der Waals surface area contributed by atoms with Crippen LogP contribution < -0.4 is 4.90 Å². The molecule has 0 spiro atoms. The lowest BCUT2D eigenvalue weighted by molar-refractivity contribution is -0.384. The van der Waals surface area contributed by atoms with E-state index in [0.717, 1.165) is 11.8 Å². The lowest BCUT2D eigenvalue weighted by atomic mass is 10.3. The first-order chi connectivity index (χ1) is 10.2. The van der Waals surface area contributed by atoms with E-state index in [0.29, 0.717) is 0 Å². The van der Waals surface area contributed by atoms with Gasteiger partial charge in [-0.3, -0.25) is 10.1 Å². The van der Waals surface area contributed by atoms with Crippen molar-refractivity contribution in [3.63, 3.8) is 0 Å². The number of nitrogens with zero attached hydrogens (tertiary/aromatic N) is 2. The van der Waals surface area contributed by atoms with Crippen LogP contribution in [0.4, 0.5) is 11.4 Å². The van der Waals surface area contributed by atoms with E-state index in [9.17, 15) is 18.5 Å². The van der Waals surface area contributed by atoms with Crippen molar-refractivity contribution in [1.29, 1.82) is 0 Å². The number of nitro groups is 1. The first-order valence-electron chi connectivity index (χ1n) is 6.20. The van der Waals surface area contributed by atoms with Gasteiger partial charge in [0.2, 0.25) is 9.84 Å². The molecule has 0 aliphatic rings. The Balaban J connectivity index is 2.50. The fourth-order valence-corrected chi connectivity index (χ4v) is 3.33. The van der Waals surface area contributed by atoms with Crippen molar-refractivity contribution in [3.8, 4) is 0 Å². The Hall–Kier alpha value is -2.12. The number of hydrogen-bond donors (Lipinski definition) is 0. The van der Waals surface area contributed by atoms with Crippen LogP contribution >= 0.6 is 11.6 Å². The van der Waals surface area contributed by atoms with E-state index in [1.807, 2.05) is 19.0 Å². The van der Waals surface area contributed by atoms with Crippen molar-refractivity contribution in [2.24, 2.45) is 0 Å². The van der Waals surface area contributed by atoms with Crippen molar-refractivity contribution in [3.05, 3.63) is 57.6 Å². The standard InChI is InChI=1S/C14H13ClN2O4S/c1-16(2)10-3-5-11(6-4-10)22(20,21)12-7-8-13(15)14(9-12)17(18)19/h3-9H,1-2H3. The minimum absolute atomic E-state index is 0.0646. The zero-order chi connectivity index (χ0) is 16.5. The zero-order valence-corrected chi connectivity index (χ0v) is 13.4. The van der Waals surface area contributed by atoms with Gasteiger partial charge in [-0.25, -0.2) is 8.42 Å². The Bertz CT molecular complexity index is 817.